The standard InChI is InChI=1S/C22H23FN2O5S/c1-3-29-21(28)22(10-12-31-2)17-16(18(24-22)15-9-6-11-30-15)19(26)25(20(17)27)14-8-5-4-7-13(14)23/h4-9,11,16-18,24H,3,10,12H2,1-2H3/t16-,17-,18-,22-/m1/s1. The number of rotatable bonds is 7. The minimum absolute atomic E-state index is 0.118. The zero-order valence-corrected chi connectivity index (χ0v) is 18.0. The van der Waals surface area contributed by atoms with Gasteiger partial charge in [-0.15, -0.1) is 0 Å². The van der Waals surface area contributed by atoms with Gasteiger partial charge < -0.3 is 9.15 Å². The summed E-state index contributed by atoms with van der Waals surface area (Å²) in [4.78, 5) is 41.2. The van der Waals surface area contributed by atoms with Gasteiger partial charge in [0.1, 0.15) is 17.1 Å². The number of ether oxygens (including phenoxy) is 1. The van der Waals surface area contributed by atoms with Gasteiger partial charge in [0, 0.05) is 0 Å². The highest BCUT2D eigenvalue weighted by Crippen LogP contribution is 2.51. The second-order valence-corrected chi connectivity index (χ2v) is 8.52. The molecule has 2 amide bonds. The number of benzene rings is 1. The van der Waals surface area contributed by atoms with E-state index in [1.165, 1.54) is 36.2 Å². The van der Waals surface area contributed by atoms with E-state index in [1.54, 1.807) is 25.1 Å². The number of furan rings is 1. The summed E-state index contributed by atoms with van der Waals surface area (Å²) >= 11 is 1.52. The van der Waals surface area contributed by atoms with Gasteiger partial charge in [-0.25, -0.2) is 9.29 Å². The minimum atomic E-state index is -1.42. The van der Waals surface area contributed by atoms with Crippen molar-refractivity contribution in [1.29, 1.82) is 0 Å². The molecule has 2 saturated heterocycles. The summed E-state index contributed by atoms with van der Waals surface area (Å²) in [6, 6.07) is 8.26. The van der Waals surface area contributed by atoms with Gasteiger partial charge in [0.15, 0.2) is 0 Å². The van der Waals surface area contributed by atoms with Crippen molar-refractivity contribution in [2.75, 3.05) is 23.5 Å². The first kappa shape index (κ1) is 21.6. The first-order chi connectivity index (χ1) is 15.0. The van der Waals surface area contributed by atoms with Crippen LogP contribution < -0.4 is 10.2 Å². The Morgan fingerprint density at radius 1 is 1.26 bits per heavy atom. The topological polar surface area (TPSA) is 88.8 Å². The number of hydrogen-bond donors (Lipinski definition) is 1. The van der Waals surface area contributed by atoms with Crippen LogP contribution in [-0.2, 0) is 19.1 Å². The summed E-state index contributed by atoms with van der Waals surface area (Å²) in [5.41, 5.74) is -1.54. The van der Waals surface area contributed by atoms with E-state index in [9.17, 15) is 18.8 Å². The molecule has 0 bridgehead atoms. The maximum absolute atomic E-state index is 14.5. The number of fused-ring (bicyclic) bond motifs is 1. The molecule has 2 aliphatic rings. The molecule has 1 aromatic heterocycles. The molecule has 0 radical (unpaired) electrons. The average molecular weight is 447 g/mol. The SMILES string of the molecule is CCOC(=O)[C@]1(CCSC)N[C@H](c2ccco2)[C@@H]2C(=O)N(c3ccccc3F)C(=O)[C@@H]21. The number of anilines is 1. The summed E-state index contributed by atoms with van der Waals surface area (Å²) in [7, 11) is 0. The highest BCUT2D eigenvalue weighted by Gasteiger charge is 2.69. The van der Waals surface area contributed by atoms with Crippen molar-refractivity contribution in [3.8, 4) is 0 Å². The van der Waals surface area contributed by atoms with Crippen LogP contribution in [0.2, 0.25) is 0 Å². The summed E-state index contributed by atoms with van der Waals surface area (Å²) in [6.07, 6.45) is 3.63. The average Bonchev–Trinajstić information content (AvgIpc) is 3.45. The zero-order chi connectivity index (χ0) is 22.2. The molecule has 4 atom stereocenters. The lowest BCUT2D eigenvalue weighted by Crippen LogP contribution is -2.57. The molecule has 4 rings (SSSR count). The van der Waals surface area contributed by atoms with E-state index in [2.05, 4.69) is 5.32 Å². The molecule has 1 N–H and O–H groups in total. The van der Waals surface area contributed by atoms with Crippen LogP contribution >= 0.6 is 11.8 Å². The van der Waals surface area contributed by atoms with E-state index in [4.69, 9.17) is 9.15 Å². The molecule has 0 aliphatic carbocycles. The largest absolute Gasteiger partial charge is 0.468 e. The van der Waals surface area contributed by atoms with Gasteiger partial charge >= 0.3 is 5.97 Å². The van der Waals surface area contributed by atoms with Crippen LogP contribution in [0.25, 0.3) is 0 Å². The molecule has 9 heteroatoms. The molecule has 164 valence electrons. The van der Waals surface area contributed by atoms with E-state index >= 15 is 0 Å². The van der Waals surface area contributed by atoms with Crippen LogP contribution in [0.4, 0.5) is 10.1 Å². The van der Waals surface area contributed by atoms with Crippen molar-refractivity contribution in [2.45, 2.75) is 24.9 Å². The van der Waals surface area contributed by atoms with Crippen molar-refractivity contribution in [3.63, 3.8) is 0 Å². The Hall–Kier alpha value is -2.65. The third-order valence-corrected chi connectivity index (χ3v) is 6.55. The van der Waals surface area contributed by atoms with Gasteiger partial charge in [0.05, 0.1) is 36.4 Å². The first-order valence-electron chi connectivity index (χ1n) is 10.1. The summed E-state index contributed by atoms with van der Waals surface area (Å²) in [5.74, 6) is -3.43. The molecule has 2 fully saturated rings. The molecule has 3 heterocycles. The number of carbonyl (C=O) groups is 3. The van der Waals surface area contributed by atoms with E-state index in [-0.39, 0.29) is 18.7 Å². The number of halogens is 1. The Morgan fingerprint density at radius 3 is 2.68 bits per heavy atom. The van der Waals surface area contributed by atoms with Crippen LogP contribution in [0, 0.1) is 17.7 Å². The molecule has 1 aromatic carbocycles. The number of para-hydroxylation sites is 1. The summed E-state index contributed by atoms with van der Waals surface area (Å²) < 4.78 is 25.4. The fourth-order valence-electron chi connectivity index (χ4n) is 4.63. The third-order valence-electron chi connectivity index (χ3n) is 5.94. The van der Waals surface area contributed by atoms with Crippen molar-refractivity contribution < 1.29 is 27.9 Å². The number of thioether (sulfide) groups is 1. The Morgan fingerprint density at radius 2 is 2.03 bits per heavy atom. The maximum Gasteiger partial charge on any atom is 0.327 e. The molecular formula is C22H23FN2O5S. The number of nitrogens with one attached hydrogen (secondary N) is 1. The predicted molar refractivity (Wildman–Crippen MR) is 113 cm³/mol. The van der Waals surface area contributed by atoms with Crippen LogP contribution in [0.3, 0.4) is 0 Å². The number of esters is 1. The Balaban J connectivity index is 1.85. The second-order valence-electron chi connectivity index (χ2n) is 7.54. The fraction of sp³-hybridized carbons (Fsp3) is 0.409. The normalized spacial score (nSPS) is 27.6. The van der Waals surface area contributed by atoms with Gasteiger partial charge in [-0.05, 0) is 49.6 Å². The predicted octanol–water partition coefficient (Wildman–Crippen LogP) is 2.92. The number of nitrogens with zero attached hydrogens (tertiary/aromatic N) is 1. The van der Waals surface area contributed by atoms with E-state index < -0.39 is 47.0 Å². The lowest BCUT2D eigenvalue weighted by atomic mass is 9.78. The van der Waals surface area contributed by atoms with E-state index in [1.807, 2.05) is 6.26 Å². The Bertz CT molecular complexity index is 998. The third kappa shape index (κ3) is 3.36. The maximum atomic E-state index is 14.5. The van der Waals surface area contributed by atoms with Gasteiger partial charge in [0.2, 0.25) is 11.8 Å². The zero-order valence-electron chi connectivity index (χ0n) is 17.2. The molecule has 0 saturated carbocycles. The minimum Gasteiger partial charge on any atom is -0.468 e. The van der Waals surface area contributed by atoms with Crippen molar-refractivity contribution in [3.05, 3.63) is 54.2 Å². The first-order valence-corrected chi connectivity index (χ1v) is 11.4. The van der Waals surface area contributed by atoms with Crippen molar-refractivity contribution in [2.24, 2.45) is 11.8 Å². The number of amides is 2. The number of carbonyl (C=O) groups excluding carboxylic acids is 3. The highest BCUT2D eigenvalue weighted by atomic mass is 32.2. The van der Waals surface area contributed by atoms with Crippen LogP contribution in [0.5, 0.6) is 0 Å². The smallest absolute Gasteiger partial charge is 0.327 e. The summed E-state index contributed by atoms with van der Waals surface area (Å²) in [6.45, 7) is 1.81. The highest BCUT2D eigenvalue weighted by molar-refractivity contribution is 7.98. The summed E-state index contributed by atoms with van der Waals surface area (Å²) in [5, 5.41) is 3.23. The lowest BCUT2D eigenvalue weighted by Gasteiger charge is -2.32. The van der Waals surface area contributed by atoms with Gasteiger partial charge in [-0.2, -0.15) is 11.8 Å². The van der Waals surface area contributed by atoms with Crippen LogP contribution in [-0.4, -0.2) is 41.9 Å². The number of hydrogen-bond acceptors (Lipinski definition) is 7. The molecule has 0 unspecified atom stereocenters. The quantitative estimate of drug-likeness (QED) is 0.517. The van der Waals surface area contributed by atoms with Crippen molar-refractivity contribution in [1.82, 2.24) is 5.32 Å². The Kier molecular flexibility index (Phi) is 5.90. The Labute approximate surface area is 183 Å². The van der Waals surface area contributed by atoms with Gasteiger partial charge in [-0.3, -0.25) is 19.7 Å². The van der Waals surface area contributed by atoms with Crippen LogP contribution in [0.1, 0.15) is 25.1 Å². The molecule has 2 aliphatic heterocycles. The second kappa shape index (κ2) is 8.47. The van der Waals surface area contributed by atoms with E-state index in [0.29, 0.717) is 11.5 Å². The number of imide groups is 1. The van der Waals surface area contributed by atoms with Crippen LogP contribution in [0.15, 0.2) is 47.1 Å². The van der Waals surface area contributed by atoms with Gasteiger partial charge in [0.25, 0.3) is 0 Å². The monoisotopic (exact) mass is 446 g/mol. The molecule has 7 nitrogen and oxygen atoms in total. The van der Waals surface area contributed by atoms with Crippen molar-refractivity contribution >= 4 is 35.2 Å². The van der Waals surface area contributed by atoms with Gasteiger partial charge in [-0.1, -0.05) is 12.1 Å². The lowest BCUT2D eigenvalue weighted by molar-refractivity contribution is -0.154. The molecule has 0 spiro atoms. The fourth-order valence-corrected chi connectivity index (χ4v) is 5.15. The molecule has 2 aromatic rings. The van der Waals surface area contributed by atoms with E-state index in [0.717, 1.165) is 4.90 Å². The molecular weight excluding hydrogens is 423 g/mol. The molecule has 31 heavy (non-hydrogen) atoms.